The van der Waals surface area contributed by atoms with Crippen molar-refractivity contribution in [3.63, 3.8) is 0 Å². The van der Waals surface area contributed by atoms with Crippen LogP contribution in [0.15, 0.2) is 36.4 Å². The number of carbonyl (C=O) groups is 1. The number of aromatic nitrogens is 1. The summed E-state index contributed by atoms with van der Waals surface area (Å²) in [5.41, 5.74) is 2.24. The van der Waals surface area contributed by atoms with Crippen molar-refractivity contribution in [2.24, 2.45) is 0 Å². The molecule has 108 valence electrons. The molecule has 1 aromatic carbocycles. The summed E-state index contributed by atoms with van der Waals surface area (Å²) < 4.78 is 11.0. The second kappa shape index (κ2) is 5.83. The van der Waals surface area contributed by atoms with Gasteiger partial charge in [-0.05, 0) is 31.2 Å². The van der Waals surface area contributed by atoms with E-state index in [-0.39, 0.29) is 5.91 Å². The molecule has 2 heterocycles. The van der Waals surface area contributed by atoms with Crippen molar-refractivity contribution in [3.8, 4) is 11.5 Å². The average molecular weight is 284 g/mol. The maximum atomic E-state index is 12.3. The van der Waals surface area contributed by atoms with Crippen LogP contribution in [0.2, 0.25) is 0 Å². The van der Waals surface area contributed by atoms with Gasteiger partial charge in [0.1, 0.15) is 13.2 Å². The Morgan fingerprint density at radius 1 is 1.19 bits per heavy atom. The van der Waals surface area contributed by atoms with Gasteiger partial charge >= 0.3 is 0 Å². The summed E-state index contributed by atoms with van der Waals surface area (Å²) in [5, 5.41) is 2.86. The predicted molar refractivity (Wildman–Crippen MR) is 77.6 cm³/mol. The largest absolute Gasteiger partial charge is 0.486 e. The van der Waals surface area contributed by atoms with E-state index in [2.05, 4.69) is 10.3 Å². The number of hydrogen-bond acceptors (Lipinski definition) is 4. The van der Waals surface area contributed by atoms with Crippen LogP contribution in [0, 0.1) is 6.92 Å². The van der Waals surface area contributed by atoms with Crippen LogP contribution in [0.4, 0.5) is 0 Å². The number of carbonyl (C=O) groups excluding carboxylic acids is 1. The number of pyridine rings is 1. The Kier molecular flexibility index (Phi) is 3.73. The molecular formula is C16H16N2O3. The Morgan fingerprint density at radius 2 is 2.00 bits per heavy atom. The van der Waals surface area contributed by atoms with E-state index >= 15 is 0 Å². The molecule has 0 saturated heterocycles. The van der Waals surface area contributed by atoms with Crippen LogP contribution in [-0.4, -0.2) is 24.1 Å². The highest BCUT2D eigenvalue weighted by molar-refractivity contribution is 5.97. The minimum absolute atomic E-state index is 0.194. The Morgan fingerprint density at radius 3 is 2.86 bits per heavy atom. The second-order valence-electron chi connectivity index (χ2n) is 4.78. The molecule has 1 amide bonds. The number of benzene rings is 1. The fraction of sp³-hybridized carbons (Fsp3) is 0.250. The molecule has 0 unspecified atom stereocenters. The molecule has 2 aromatic rings. The molecule has 3 rings (SSSR count). The molecule has 1 aliphatic heterocycles. The first-order valence-corrected chi connectivity index (χ1v) is 6.83. The fourth-order valence-electron chi connectivity index (χ4n) is 2.22. The number of nitrogens with one attached hydrogen (secondary N) is 1. The van der Waals surface area contributed by atoms with Crippen LogP contribution in [0.5, 0.6) is 11.5 Å². The monoisotopic (exact) mass is 284 g/mol. The number of hydrogen-bond donors (Lipinski definition) is 1. The van der Waals surface area contributed by atoms with Crippen molar-refractivity contribution in [1.82, 2.24) is 10.3 Å². The van der Waals surface area contributed by atoms with Gasteiger partial charge in [0.05, 0.1) is 17.8 Å². The third-order valence-corrected chi connectivity index (χ3v) is 3.19. The number of aryl methyl sites for hydroxylation is 1. The summed E-state index contributed by atoms with van der Waals surface area (Å²) in [5.74, 6) is 0.932. The molecule has 1 aromatic heterocycles. The van der Waals surface area contributed by atoms with Crippen molar-refractivity contribution in [3.05, 3.63) is 53.3 Å². The minimum atomic E-state index is -0.194. The van der Waals surface area contributed by atoms with Crippen molar-refractivity contribution in [2.45, 2.75) is 13.5 Å². The highest BCUT2D eigenvalue weighted by atomic mass is 16.6. The van der Waals surface area contributed by atoms with E-state index in [1.165, 1.54) is 0 Å². The van der Waals surface area contributed by atoms with Crippen LogP contribution >= 0.6 is 0 Å². The number of para-hydroxylation sites is 1. The van der Waals surface area contributed by atoms with E-state index in [1.54, 1.807) is 18.2 Å². The number of ether oxygens (including phenoxy) is 2. The summed E-state index contributed by atoms with van der Waals surface area (Å²) in [6.07, 6.45) is 0. The van der Waals surface area contributed by atoms with Gasteiger partial charge in [-0.3, -0.25) is 9.78 Å². The Hall–Kier alpha value is -2.56. The van der Waals surface area contributed by atoms with Crippen LogP contribution in [-0.2, 0) is 6.54 Å². The van der Waals surface area contributed by atoms with Gasteiger partial charge in [-0.25, -0.2) is 0 Å². The normalized spacial score (nSPS) is 12.8. The lowest BCUT2D eigenvalue weighted by Gasteiger charge is -2.20. The molecule has 0 atom stereocenters. The summed E-state index contributed by atoms with van der Waals surface area (Å²) in [4.78, 5) is 16.7. The lowest BCUT2D eigenvalue weighted by Crippen LogP contribution is -2.25. The molecule has 5 nitrogen and oxygen atoms in total. The van der Waals surface area contributed by atoms with E-state index in [9.17, 15) is 4.79 Å². The van der Waals surface area contributed by atoms with E-state index in [1.807, 2.05) is 25.1 Å². The molecule has 0 fully saturated rings. The average Bonchev–Trinajstić information content (AvgIpc) is 2.52. The molecule has 0 radical (unpaired) electrons. The zero-order valence-electron chi connectivity index (χ0n) is 11.8. The molecule has 1 aliphatic rings. The van der Waals surface area contributed by atoms with Crippen LogP contribution in [0.3, 0.4) is 0 Å². The smallest absolute Gasteiger partial charge is 0.255 e. The Balaban J connectivity index is 1.74. The summed E-state index contributed by atoms with van der Waals surface area (Å²) in [7, 11) is 0. The van der Waals surface area contributed by atoms with Crippen molar-refractivity contribution in [1.29, 1.82) is 0 Å². The molecule has 1 N–H and O–H groups in total. The lowest BCUT2D eigenvalue weighted by molar-refractivity contribution is 0.0939. The van der Waals surface area contributed by atoms with Gasteiger partial charge in [0.2, 0.25) is 0 Å². The van der Waals surface area contributed by atoms with Crippen molar-refractivity contribution >= 4 is 5.91 Å². The first-order valence-electron chi connectivity index (χ1n) is 6.83. The van der Waals surface area contributed by atoms with Gasteiger partial charge in [-0.15, -0.1) is 0 Å². The molecule has 0 saturated carbocycles. The van der Waals surface area contributed by atoms with Gasteiger partial charge in [-0.1, -0.05) is 12.1 Å². The zero-order valence-corrected chi connectivity index (χ0v) is 11.8. The van der Waals surface area contributed by atoms with Crippen molar-refractivity contribution < 1.29 is 14.3 Å². The van der Waals surface area contributed by atoms with E-state index in [4.69, 9.17) is 9.47 Å². The van der Waals surface area contributed by atoms with Crippen LogP contribution in [0.25, 0.3) is 0 Å². The Labute approximate surface area is 122 Å². The Bertz CT molecular complexity index is 670. The van der Waals surface area contributed by atoms with E-state index < -0.39 is 0 Å². The molecule has 0 spiro atoms. The van der Waals surface area contributed by atoms with Crippen LogP contribution < -0.4 is 14.8 Å². The van der Waals surface area contributed by atoms with Gasteiger partial charge < -0.3 is 14.8 Å². The highest BCUT2D eigenvalue weighted by Gasteiger charge is 2.20. The lowest BCUT2D eigenvalue weighted by atomic mass is 10.1. The molecule has 5 heteroatoms. The fourth-order valence-corrected chi connectivity index (χ4v) is 2.22. The van der Waals surface area contributed by atoms with Crippen LogP contribution in [0.1, 0.15) is 21.7 Å². The molecule has 0 bridgehead atoms. The topological polar surface area (TPSA) is 60.5 Å². The molecule has 0 aliphatic carbocycles. The summed E-state index contributed by atoms with van der Waals surface area (Å²) >= 11 is 0. The molecule has 21 heavy (non-hydrogen) atoms. The maximum Gasteiger partial charge on any atom is 0.255 e. The van der Waals surface area contributed by atoms with Gasteiger partial charge in [0, 0.05) is 5.69 Å². The summed E-state index contributed by atoms with van der Waals surface area (Å²) in [6, 6.07) is 11.0. The standard InChI is InChI=1S/C16H16N2O3/c1-11-4-2-5-12(18-11)10-17-16(19)13-6-3-7-14-15(13)21-9-8-20-14/h2-7H,8-10H2,1H3,(H,17,19). The maximum absolute atomic E-state index is 12.3. The number of fused-ring (bicyclic) bond motifs is 1. The number of nitrogens with zero attached hydrogens (tertiary/aromatic N) is 1. The first kappa shape index (κ1) is 13.4. The third kappa shape index (κ3) is 2.97. The predicted octanol–water partition coefficient (Wildman–Crippen LogP) is 2.09. The van der Waals surface area contributed by atoms with E-state index in [0.717, 1.165) is 11.4 Å². The highest BCUT2D eigenvalue weighted by Crippen LogP contribution is 2.33. The van der Waals surface area contributed by atoms with Gasteiger partial charge in [-0.2, -0.15) is 0 Å². The van der Waals surface area contributed by atoms with Gasteiger partial charge in [0.25, 0.3) is 5.91 Å². The van der Waals surface area contributed by atoms with Gasteiger partial charge in [0.15, 0.2) is 11.5 Å². The molecular weight excluding hydrogens is 268 g/mol. The number of rotatable bonds is 3. The zero-order chi connectivity index (χ0) is 14.7. The number of amides is 1. The summed E-state index contributed by atoms with van der Waals surface area (Å²) in [6.45, 7) is 3.26. The minimum Gasteiger partial charge on any atom is -0.486 e. The third-order valence-electron chi connectivity index (χ3n) is 3.19. The van der Waals surface area contributed by atoms with Crippen molar-refractivity contribution in [2.75, 3.05) is 13.2 Å². The quantitative estimate of drug-likeness (QED) is 0.937. The first-order chi connectivity index (χ1) is 10.2. The second-order valence-corrected chi connectivity index (χ2v) is 4.78. The van der Waals surface area contributed by atoms with E-state index in [0.29, 0.717) is 36.8 Å². The SMILES string of the molecule is Cc1cccc(CNC(=O)c2cccc3c2OCCO3)n1.